The number of benzene rings is 3. The van der Waals surface area contributed by atoms with Gasteiger partial charge >= 0.3 is 5.97 Å². The highest BCUT2D eigenvalue weighted by atomic mass is 16.5. The summed E-state index contributed by atoms with van der Waals surface area (Å²) in [7, 11) is 0. The van der Waals surface area contributed by atoms with E-state index in [1.54, 1.807) is 37.3 Å². The van der Waals surface area contributed by atoms with Crippen LogP contribution in [0.4, 0.5) is 0 Å². The van der Waals surface area contributed by atoms with Crippen molar-refractivity contribution in [3.05, 3.63) is 99.7 Å². The molecule has 4 aromatic rings. The van der Waals surface area contributed by atoms with Gasteiger partial charge in [0.1, 0.15) is 17.1 Å². The number of nitriles is 1. The number of ether oxygens (including phenoxy) is 1. The van der Waals surface area contributed by atoms with Crippen molar-refractivity contribution in [2.75, 3.05) is 0 Å². The third-order valence-electron chi connectivity index (χ3n) is 4.59. The highest BCUT2D eigenvalue weighted by molar-refractivity contribution is 6.03. The Balaban J connectivity index is 1.82. The van der Waals surface area contributed by atoms with E-state index in [1.807, 2.05) is 36.4 Å². The normalized spacial score (nSPS) is 10.5. The Labute approximate surface area is 166 Å². The molecule has 0 aliphatic carbocycles. The van der Waals surface area contributed by atoms with Gasteiger partial charge in [0.25, 0.3) is 0 Å². The molecule has 0 saturated carbocycles. The maximum absolute atomic E-state index is 12.9. The Morgan fingerprint density at radius 1 is 0.966 bits per heavy atom. The summed E-state index contributed by atoms with van der Waals surface area (Å²) in [5.74, 6) is 0.0665. The van der Waals surface area contributed by atoms with Crippen molar-refractivity contribution in [2.45, 2.75) is 6.92 Å². The van der Waals surface area contributed by atoms with Gasteiger partial charge in [-0.3, -0.25) is 4.79 Å². The molecule has 1 heterocycles. The minimum Gasteiger partial charge on any atom is -0.455 e. The van der Waals surface area contributed by atoms with Crippen LogP contribution in [0, 0.1) is 18.3 Å². The first-order valence-corrected chi connectivity index (χ1v) is 8.92. The summed E-state index contributed by atoms with van der Waals surface area (Å²) < 4.78 is 11.5. The fraction of sp³-hybridized carbons (Fsp3) is 0.0417. The lowest BCUT2D eigenvalue weighted by molar-refractivity contribution is 0.0735. The van der Waals surface area contributed by atoms with Crippen molar-refractivity contribution in [3.63, 3.8) is 0 Å². The Hall–Kier alpha value is -4.17. The summed E-state index contributed by atoms with van der Waals surface area (Å²) in [4.78, 5) is 25.7. The first-order chi connectivity index (χ1) is 14.1. The summed E-state index contributed by atoms with van der Waals surface area (Å²) in [6.07, 6.45) is 0. The molecule has 0 saturated heterocycles. The summed E-state index contributed by atoms with van der Waals surface area (Å²) in [5.41, 5.74) is 1.82. The Morgan fingerprint density at radius 3 is 2.38 bits per heavy atom. The number of nitrogens with zero attached hydrogens (tertiary/aromatic N) is 1. The maximum atomic E-state index is 12.9. The SMILES string of the molecule is Cc1c(-c2ccccc2)oc2c(C(=O)Oc3ccc(C#N)cc3)cccc2c1=O. The van der Waals surface area contributed by atoms with E-state index in [4.69, 9.17) is 14.4 Å². The van der Waals surface area contributed by atoms with Crippen molar-refractivity contribution < 1.29 is 13.9 Å². The average molecular weight is 381 g/mol. The van der Waals surface area contributed by atoms with Crippen molar-refractivity contribution >= 4 is 16.9 Å². The molecule has 0 atom stereocenters. The number of hydrogen-bond acceptors (Lipinski definition) is 5. The van der Waals surface area contributed by atoms with Crippen molar-refractivity contribution in [1.29, 1.82) is 5.26 Å². The van der Waals surface area contributed by atoms with Crippen LogP contribution in [-0.4, -0.2) is 5.97 Å². The van der Waals surface area contributed by atoms with Crippen LogP contribution in [0.2, 0.25) is 0 Å². The molecule has 0 N–H and O–H groups in total. The van der Waals surface area contributed by atoms with Gasteiger partial charge in [-0.05, 0) is 43.3 Å². The van der Waals surface area contributed by atoms with Crippen LogP contribution in [0.3, 0.4) is 0 Å². The largest absolute Gasteiger partial charge is 0.455 e. The zero-order valence-corrected chi connectivity index (χ0v) is 15.5. The van der Waals surface area contributed by atoms with Crippen LogP contribution in [0.5, 0.6) is 5.75 Å². The summed E-state index contributed by atoms with van der Waals surface area (Å²) in [5, 5.41) is 9.19. The number of carbonyl (C=O) groups excluding carboxylic acids is 1. The molecule has 0 aliphatic heterocycles. The van der Waals surface area contributed by atoms with Crippen LogP contribution < -0.4 is 10.2 Å². The average Bonchev–Trinajstić information content (AvgIpc) is 2.77. The van der Waals surface area contributed by atoms with E-state index in [2.05, 4.69) is 0 Å². The predicted molar refractivity (Wildman–Crippen MR) is 109 cm³/mol. The Morgan fingerprint density at radius 2 is 1.69 bits per heavy atom. The highest BCUT2D eigenvalue weighted by Crippen LogP contribution is 2.28. The number of carbonyl (C=O) groups is 1. The smallest absolute Gasteiger partial charge is 0.347 e. The van der Waals surface area contributed by atoms with Crippen LogP contribution in [0.25, 0.3) is 22.3 Å². The monoisotopic (exact) mass is 381 g/mol. The van der Waals surface area contributed by atoms with Gasteiger partial charge in [0, 0.05) is 11.1 Å². The summed E-state index contributed by atoms with van der Waals surface area (Å²) in [6, 6.07) is 22.3. The van der Waals surface area contributed by atoms with Gasteiger partial charge in [-0.15, -0.1) is 0 Å². The number of hydrogen-bond donors (Lipinski definition) is 0. The zero-order valence-electron chi connectivity index (χ0n) is 15.5. The van der Waals surface area contributed by atoms with Gasteiger partial charge in [-0.25, -0.2) is 4.79 Å². The second-order valence-electron chi connectivity index (χ2n) is 6.46. The van der Waals surface area contributed by atoms with E-state index in [9.17, 15) is 9.59 Å². The molecular weight excluding hydrogens is 366 g/mol. The van der Waals surface area contributed by atoms with E-state index in [1.165, 1.54) is 12.1 Å². The standard InChI is InChI=1S/C24H15NO4/c1-15-21(26)19-8-5-9-20(23(19)29-22(15)17-6-3-2-4-7-17)24(27)28-18-12-10-16(14-25)11-13-18/h2-13H,1H3. The Bertz CT molecular complexity index is 1310. The first-order valence-electron chi connectivity index (χ1n) is 8.92. The van der Waals surface area contributed by atoms with Gasteiger partial charge < -0.3 is 9.15 Å². The molecule has 4 rings (SSSR count). The third kappa shape index (κ3) is 3.40. The van der Waals surface area contributed by atoms with Crippen LogP contribution in [-0.2, 0) is 0 Å². The molecule has 0 bridgehead atoms. The highest BCUT2D eigenvalue weighted by Gasteiger charge is 2.19. The third-order valence-corrected chi connectivity index (χ3v) is 4.59. The first kappa shape index (κ1) is 18.2. The molecule has 1 aromatic heterocycles. The summed E-state index contributed by atoms with van der Waals surface area (Å²) >= 11 is 0. The molecule has 0 unspecified atom stereocenters. The van der Waals surface area contributed by atoms with E-state index in [0.717, 1.165) is 5.56 Å². The molecule has 140 valence electrons. The van der Waals surface area contributed by atoms with Crippen LogP contribution in [0.15, 0.2) is 82.0 Å². The van der Waals surface area contributed by atoms with Gasteiger partial charge in [0.2, 0.25) is 0 Å². The lowest BCUT2D eigenvalue weighted by atomic mass is 10.0. The second kappa shape index (κ2) is 7.45. The van der Waals surface area contributed by atoms with E-state index in [0.29, 0.717) is 28.0 Å². The molecule has 0 radical (unpaired) electrons. The molecule has 5 heteroatoms. The topological polar surface area (TPSA) is 80.3 Å². The van der Waals surface area contributed by atoms with Crippen LogP contribution >= 0.6 is 0 Å². The summed E-state index contributed by atoms with van der Waals surface area (Å²) in [6.45, 7) is 1.70. The van der Waals surface area contributed by atoms with Gasteiger partial charge in [-0.1, -0.05) is 36.4 Å². The van der Waals surface area contributed by atoms with Crippen LogP contribution in [0.1, 0.15) is 21.5 Å². The van der Waals surface area contributed by atoms with Crippen molar-refractivity contribution in [1.82, 2.24) is 0 Å². The molecule has 3 aromatic carbocycles. The van der Waals surface area contributed by atoms with E-state index < -0.39 is 5.97 Å². The number of para-hydroxylation sites is 1. The Kier molecular flexibility index (Phi) is 4.68. The lowest BCUT2D eigenvalue weighted by Gasteiger charge is -2.10. The molecule has 0 spiro atoms. The minimum atomic E-state index is -0.647. The van der Waals surface area contributed by atoms with Gasteiger partial charge in [0.05, 0.1) is 17.0 Å². The number of fused-ring (bicyclic) bond motifs is 1. The van der Waals surface area contributed by atoms with Crippen molar-refractivity contribution in [2.24, 2.45) is 0 Å². The molecule has 0 aliphatic rings. The second-order valence-corrected chi connectivity index (χ2v) is 6.46. The number of rotatable bonds is 3. The van der Waals surface area contributed by atoms with E-state index >= 15 is 0 Å². The lowest BCUT2D eigenvalue weighted by Crippen LogP contribution is -2.13. The minimum absolute atomic E-state index is 0.154. The fourth-order valence-electron chi connectivity index (χ4n) is 3.09. The molecule has 5 nitrogen and oxygen atoms in total. The molecular formula is C24H15NO4. The quantitative estimate of drug-likeness (QED) is 0.374. The predicted octanol–water partition coefficient (Wildman–Crippen LogP) is 4.86. The molecule has 0 amide bonds. The van der Waals surface area contributed by atoms with Gasteiger partial charge in [0.15, 0.2) is 11.0 Å². The zero-order chi connectivity index (χ0) is 20.4. The van der Waals surface area contributed by atoms with E-state index in [-0.39, 0.29) is 16.6 Å². The number of esters is 1. The molecule has 0 fully saturated rings. The van der Waals surface area contributed by atoms with Gasteiger partial charge in [-0.2, -0.15) is 5.26 Å². The van der Waals surface area contributed by atoms with Crippen molar-refractivity contribution in [3.8, 4) is 23.1 Å². The fourth-order valence-corrected chi connectivity index (χ4v) is 3.09. The molecule has 29 heavy (non-hydrogen) atoms. The maximum Gasteiger partial charge on any atom is 0.347 e.